The van der Waals surface area contributed by atoms with Crippen LogP contribution in [0.5, 0.6) is 0 Å². The summed E-state index contributed by atoms with van der Waals surface area (Å²) in [6.07, 6.45) is 1.70. The molecule has 23 heavy (non-hydrogen) atoms. The van der Waals surface area contributed by atoms with Crippen molar-refractivity contribution in [2.45, 2.75) is 19.3 Å². The van der Waals surface area contributed by atoms with E-state index in [1.807, 2.05) is 0 Å². The Kier molecular flexibility index (Phi) is 3.64. The highest BCUT2D eigenvalue weighted by molar-refractivity contribution is 6.01. The number of carbonyl (C=O) groups excluding carboxylic acids is 1. The van der Waals surface area contributed by atoms with Gasteiger partial charge in [0.05, 0.1) is 5.41 Å². The smallest absolute Gasteiger partial charge is 0.234 e. The molecule has 118 valence electrons. The fraction of sp³-hybridized carbons (Fsp3) is 0.167. The number of halogens is 2. The lowest BCUT2D eigenvalue weighted by atomic mass is 9.83. The number of aromatic amines is 1. The lowest BCUT2D eigenvalue weighted by Gasteiger charge is -2.23. The van der Waals surface area contributed by atoms with E-state index in [4.69, 9.17) is 0 Å². The molecule has 0 fully saturated rings. The minimum Gasteiger partial charge on any atom is -0.361 e. The van der Waals surface area contributed by atoms with Crippen LogP contribution in [0.1, 0.15) is 19.4 Å². The highest BCUT2D eigenvalue weighted by Gasteiger charge is 2.32. The zero-order chi connectivity index (χ0) is 16.6. The van der Waals surface area contributed by atoms with Gasteiger partial charge in [-0.05, 0) is 55.8 Å². The molecule has 0 unspecified atom stereocenters. The van der Waals surface area contributed by atoms with Crippen LogP contribution in [0.25, 0.3) is 10.9 Å². The van der Waals surface area contributed by atoms with Crippen molar-refractivity contribution in [2.24, 2.45) is 0 Å². The molecule has 0 saturated heterocycles. The van der Waals surface area contributed by atoms with Gasteiger partial charge < -0.3 is 10.3 Å². The number of nitrogens with one attached hydrogen (secondary N) is 2. The first kappa shape index (κ1) is 15.2. The third-order valence-electron chi connectivity index (χ3n) is 3.97. The van der Waals surface area contributed by atoms with Gasteiger partial charge in [-0.1, -0.05) is 6.07 Å². The van der Waals surface area contributed by atoms with Gasteiger partial charge in [0.2, 0.25) is 5.91 Å². The van der Waals surface area contributed by atoms with Crippen LogP contribution < -0.4 is 5.32 Å². The first-order valence-corrected chi connectivity index (χ1v) is 7.22. The van der Waals surface area contributed by atoms with Gasteiger partial charge in [-0.15, -0.1) is 0 Å². The van der Waals surface area contributed by atoms with E-state index in [0.29, 0.717) is 16.6 Å². The van der Waals surface area contributed by atoms with Crippen molar-refractivity contribution >= 4 is 22.5 Å². The van der Waals surface area contributed by atoms with E-state index in [9.17, 15) is 13.6 Å². The van der Waals surface area contributed by atoms with Gasteiger partial charge in [-0.3, -0.25) is 4.79 Å². The van der Waals surface area contributed by atoms with Crippen molar-refractivity contribution in [1.29, 1.82) is 0 Å². The first-order valence-electron chi connectivity index (χ1n) is 7.22. The van der Waals surface area contributed by atoms with Gasteiger partial charge >= 0.3 is 0 Å². The Bertz CT molecular complexity index is 884. The molecule has 0 aliphatic rings. The summed E-state index contributed by atoms with van der Waals surface area (Å²) in [6, 6.07) is 10.1. The highest BCUT2D eigenvalue weighted by Crippen LogP contribution is 2.32. The molecule has 5 heteroatoms. The quantitative estimate of drug-likeness (QED) is 0.741. The number of anilines is 1. The monoisotopic (exact) mass is 314 g/mol. The molecule has 0 aliphatic heterocycles. The fourth-order valence-electron chi connectivity index (χ4n) is 2.59. The molecule has 3 aromatic rings. The highest BCUT2D eigenvalue weighted by atomic mass is 19.1. The zero-order valence-corrected chi connectivity index (χ0v) is 12.8. The van der Waals surface area contributed by atoms with Crippen LogP contribution in [0.3, 0.4) is 0 Å². The molecule has 3 nitrogen and oxygen atoms in total. The second-order valence-corrected chi connectivity index (χ2v) is 5.98. The Morgan fingerprint density at radius 1 is 1.09 bits per heavy atom. The minimum absolute atomic E-state index is 0.298. The van der Waals surface area contributed by atoms with E-state index in [1.165, 1.54) is 30.3 Å². The fourth-order valence-corrected chi connectivity index (χ4v) is 2.59. The van der Waals surface area contributed by atoms with E-state index in [0.717, 1.165) is 5.52 Å². The maximum atomic E-state index is 13.5. The average molecular weight is 314 g/mol. The molecule has 1 amide bonds. The topological polar surface area (TPSA) is 44.9 Å². The van der Waals surface area contributed by atoms with Crippen LogP contribution in [0.4, 0.5) is 14.5 Å². The summed E-state index contributed by atoms with van der Waals surface area (Å²) in [7, 11) is 0. The zero-order valence-electron chi connectivity index (χ0n) is 12.8. The van der Waals surface area contributed by atoms with Crippen LogP contribution in [0.2, 0.25) is 0 Å². The Hall–Kier alpha value is -2.69. The maximum Gasteiger partial charge on any atom is 0.234 e. The number of fused-ring (bicyclic) bond motifs is 1. The predicted molar refractivity (Wildman–Crippen MR) is 86.3 cm³/mol. The van der Waals surface area contributed by atoms with Crippen LogP contribution in [-0.2, 0) is 10.2 Å². The molecule has 2 N–H and O–H groups in total. The normalized spacial score (nSPS) is 11.7. The molecule has 2 aromatic carbocycles. The molecule has 3 rings (SSSR count). The molecule has 0 atom stereocenters. The van der Waals surface area contributed by atoms with Crippen molar-refractivity contribution in [3.8, 4) is 0 Å². The summed E-state index contributed by atoms with van der Waals surface area (Å²) in [4.78, 5) is 15.7. The third kappa shape index (κ3) is 2.82. The van der Waals surface area contributed by atoms with Gasteiger partial charge in [0.25, 0.3) is 0 Å². The number of aromatic nitrogens is 1. The number of carbonyl (C=O) groups is 1. The molecule has 0 radical (unpaired) electrons. The summed E-state index contributed by atoms with van der Waals surface area (Å²) in [5, 5.41) is 3.36. The molecule has 0 bridgehead atoms. The van der Waals surface area contributed by atoms with Gasteiger partial charge in [-0.2, -0.15) is 0 Å². The molecular formula is C18H16F2N2O. The number of rotatable bonds is 3. The number of benzene rings is 2. The van der Waals surface area contributed by atoms with E-state index in [2.05, 4.69) is 10.3 Å². The number of hydrogen-bond acceptors (Lipinski definition) is 1. The summed E-state index contributed by atoms with van der Waals surface area (Å²) in [5.41, 5.74) is 0.904. The number of hydrogen-bond donors (Lipinski definition) is 2. The summed E-state index contributed by atoms with van der Waals surface area (Å²) in [6.45, 7) is 3.49. The van der Waals surface area contributed by atoms with Gasteiger partial charge in [-0.25, -0.2) is 8.78 Å². The Morgan fingerprint density at radius 3 is 2.57 bits per heavy atom. The van der Waals surface area contributed by atoms with Crippen molar-refractivity contribution < 1.29 is 13.6 Å². The van der Waals surface area contributed by atoms with Crippen molar-refractivity contribution in [3.63, 3.8) is 0 Å². The molecule has 1 aromatic heterocycles. The summed E-state index contributed by atoms with van der Waals surface area (Å²) in [5.74, 6) is -1.08. The predicted octanol–water partition coefficient (Wildman–Crippen LogP) is 4.36. The number of amides is 1. The van der Waals surface area contributed by atoms with Crippen molar-refractivity contribution in [3.05, 3.63) is 65.9 Å². The summed E-state index contributed by atoms with van der Waals surface area (Å²) >= 11 is 0. The Balaban J connectivity index is 1.96. The lowest BCUT2D eigenvalue weighted by molar-refractivity contribution is -0.120. The standard InChI is InChI=1S/C18H16F2N2O/c1-18(2,17(23)22-13-5-3-4-11(19)8-13)15-10-21-16-7-6-12(20)9-14(15)16/h3-10,21H,1-2H3,(H,22,23). The SMILES string of the molecule is CC(C)(C(=O)Nc1cccc(F)c1)c1c[nH]c2ccc(F)cc12. The lowest BCUT2D eigenvalue weighted by Crippen LogP contribution is -2.34. The van der Waals surface area contributed by atoms with Crippen LogP contribution >= 0.6 is 0 Å². The minimum atomic E-state index is -0.918. The third-order valence-corrected chi connectivity index (χ3v) is 3.97. The van der Waals surface area contributed by atoms with E-state index < -0.39 is 11.2 Å². The van der Waals surface area contributed by atoms with Crippen LogP contribution in [0.15, 0.2) is 48.7 Å². The molecule has 1 heterocycles. The summed E-state index contributed by atoms with van der Waals surface area (Å²) < 4.78 is 26.8. The second kappa shape index (κ2) is 5.50. The molecule has 0 saturated carbocycles. The second-order valence-electron chi connectivity index (χ2n) is 5.98. The maximum absolute atomic E-state index is 13.5. The van der Waals surface area contributed by atoms with E-state index in [1.54, 1.807) is 32.2 Å². The van der Waals surface area contributed by atoms with Gasteiger partial charge in [0.15, 0.2) is 0 Å². The van der Waals surface area contributed by atoms with E-state index >= 15 is 0 Å². The average Bonchev–Trinajstić information content (AvgIpc) is 2.90. The number of H-pyrrole nitrogens is 1. The van der Waals surface area contributed by atoms with Crippen LogP contribution in [-0.4, -0.2) is 10.9 Å². The molecule has 0 aliphatic carbocycles. The van der Waals surface area contributed by atoms with Crippen molar-refractivity contribution in [2.75, 3.05) is 5.32 Å². The largest absolute Gasteiger partial charge is 0.361 e. The molecular weight excluding hydrogens is 298 g/mol. The Labute approximate surface area is 132 Å². The van der Waals surface area contributed by atoms with Gasteiger partial charge in [0, 0.05) is 22.8 Å². The van der Waals surface area contributed by atoms with Gasteiger partial charge in [0.1, 0.15) is 11.6 Å². The Morgan fingerprint density at radius 2 is 1.83 bits per heavy atom. The first-order chi connectivity index (χ1) is 10.9. The van der Waals surface area contributed by atoms with Crippen LogP contribution in [0, 0.1) is 11.6 Å². The van der Waals surface area contributed by atoms with E-state index in [-0.39, 0.29) is 11.7 Å². The molecule has 0 spiro atoms. The van der Waals surface area contributed by atoms with Crippen molar-refractivity contribution in [1.82, 2.24) is 4.98 Å².